The highest BCUT2D eigenvalue weighted by molar-refractivity contribution is 7.99. The molecule has 3 rings (SSSR count). The van der Waals surface area contributed by atoms with Crippen molar-refractivity contribution in [3.63, 3.8) is 0 Å². The third-order valence-electron chi connectivity index (χ3n) is 5.57. The molecule has 164 valence electrons. The molecule has 0 aliphatic heterocycles. The van der Waals surface area contributed by atoms with Gasteiger partial charge in [-0.25, -0.2) is 0 Å². The van der Waals surface area contributed by atoms with Gasteiger partial charge in [-0.15, -0.1) is 10.2 Å². The van der Waals surface area contributed by atoms with E-state index in [1.54, 1.807) is 0 Å². The molecule has 1 aromatic heterocycles. The van der Waals surface area contributed by atoms with Crippen LogP contribution < -0.4 is 10.1 Å². The Balaban J connectivity index is 1.54. The van der Waals surface area contributed by atoms with Crippen LogP contribution in [0.5, 0.6) is 5.75 Å². The Labute approximate surface area is 184 Å². The largest absolute Gasteiger partial charge is 0.483 e. The van der Waals surface area contributed by atoms with Gasteiger partial charge in [-0.05, 0) is 42.9 Å². The molecule has 1 aliphatic carbocycles. The average molecular weight is 431 g/mol. The molecule has 1 amide bonds. The third kappa shape index (κ3) is 6.00. The summed E-state index contributed by atoms with van der Waals surface area (Å²) in [5.41, 5.74) is 1.38. The summed E-state index contributed by atoms with van der Waals surface area (Å²) in [4.78, 5) is 12.3. The molecule has 1 saturated carbocycles. The van der Waals surface area contributed by atoms with E-state index in [0.29, 0.717) is 11.8 Å². The van der Waals surface area contributed by atoms with Crippen LogP contribution in [0.15, 0.2) is 29.4 Å². The molecule has 7 heteroatoms. The van der Waals surface area contributed by atoms with E-state index in [2.05, 4.69) is 48.4 Å². The van der Waals surface area contributed by atoms with Gasteiger partial charge in [0, 0.05) is 13.1 Å². The molecule has 1 atom stereocenters. The van der Waals surface area contributed by atoms with E-state index < -0.39 is 0 Å². The van der Waals surface area contributed by atoms with Crippen LogP contribution in [-0.4, -0.2) is 32.5 Å². The van der Waals surface area contributed by atoms with Crippen molar-refractivity contribution < 1.29 is 9.53 Å². The van der Waals surface area contributed by atoms with Gasteiger partial charge in [0.25, 0.3) is 0 Å². The zero-order valence-corrected chi connectivity index (χ0v) is 19.6. The van der Waals surface area contributed by atoms with Crippen LogP contribution >= 0.6 is 11.8 Å². The fourth-order valence-corrected chi connectivity index (χ4v) is 4.47. The van der Waals surface area contributed by atoms with E-state index in [1.165, 1.54) is 36.6 Å². The van der Waals surface area contributed by atoms with E-state index in [1.807, 2.05) is 30.7 Å². The molecule has 2 aromatic rings. The lowest BCUT2D eigenvalue weighted by Gasteiger charge is -2.22. The number of amides is 1. The maximum atomic E-state index is 12.3. The van der Waals surface area contributed by atoms with Crippen molar-refractivity contribution in [2.24, 2.45) is 7.05 Å². The maximum absolute atomic E-state index is 12.3. The minimum absolute atomic E-state index is 0.0692. The number of nitrogens with zero attached hydrogens (tertiary/aromatic N) is 3. The standard InChI is InChI=1S/C23H34N4O2S/c1-16(29-19-13-11-17(12-14-19)23(2,3)4)21-25-26-22(27(21)5)30-15-20(28)24-18-9-7-6-8-10-18/h11-14,16,18H,6-10,15H2,1-5H3,(H,24,28). The van der Waals surface area contributed by atoms with Crippen LogP contribution in [0.4, 0.5) is 0 Å². The second-order valence-corrected chi connectivity index (χ2v) is 10.1. The SMILES string of the molecule is CC(Oc1ccc(C(C)(C)C)cc1)c1nnc(SCC(=O)NC2CCCCC2)n1C. The lowest BCUT2D eigenvalue weighted by molar-refractivity contribution is -0.119. The normalized spacial score (nSPS) is 16.3. The van der Waals surface area contributed by atoms with Crippen molar-refractivity contribution in [3.8, 4) is 5.75 Å². The Morgan fingerprint density at radius 2 is 1.87 bits per heavy atom. The molecular formula is C23H34N4O2S. The molecule has 1 heterocycles. The lowest BCUT2D eigenvalue weighted by Crippen LogP contribution is -2.37. The zero-order chi connectivity index (χ0) is 21.7. The minimum Gasteiger partial charge on any atom is -0.483 e. The fourth-order valence-electron chi connectivity index (χ4n) is 3.74. The summed E-state index contributed by atoms with van der Waals surface area (Å²) in [7, 11) is 1.92. The van der Waals surface area contributed by atoms with Crippen LogP contribution in [-0.2, 0) is 17.3 Å². The first kappa shape index (κ1) is 22.7. The highest BCUT2D eigenvalue weighted by Gasteiger charge is 2.20. The third-order valence-corrected chi connectivity index (χ3v) is 6.59. The molecule has 0 spiro atoms. The molecule has 1 N–H and O–H groups in total. The first-order chi connectivity index (χ1) is 14.2. The second kappa shape index (κ2) is 9.86. The Hall–Kier alpha value is -2.02. The van der Waals surface area contributed by atoms with Crippen molar-refractivity contribution in [1.82, 2.24) is 20.1 Å². The summed E-state index contributed by atoms with van der Waals surface area (Å²) in [6, 6.07) is 8.54. The van der Waals surface area contributed by atoms with E-state index in [9.17, 15) is 4.79 Å². The van der Waals surface area contributed by atoms with Crippen molar-refractivity contribution in [2.45, 2.75) is 82.5 Å². The first-order valence-electron chi connectivity index (χ1n) is 10.8. The Bertz CT molecular complexity index is 836. The highest BCUT2D eigenvalue weighted by Crippen LogP contribution is 2.27. The Morgan fingerprint density at radius 1 is 1.20 bits per heavy atom. The summed E-state index contributed by atoms with van der Waals surface area (Å²) < 4.78 is 7.99. The van der Waals surface area contributed by atoms with Crippen LogP contribution in [0.2, 0.25) is 0 Å². The van der Waals surface area contributed by atoms with E-state index in [-0.39, 0.29) is 17.4 Å². The Kier molecular flexibility index (Phi) is 7.45. The van der Waals surface area contributed by atoms with Crippen molar-refractivity contribution >= 4 is 17.7 Å². The Morgan fingerprint density at radius 3 is 2.50 bits per heavy atom. The topological polar surface area (TPSA) is 69.0 Å². The van der Waals surface area contributed by atoms with E-state index >= 15 is 0 Å². The van der Waals surface area contributed by atoms with Gasteiger partial charge in [-0.2, -0.15) is 0 Å². The summed E-state index contributed by atoms with van der Waals surface area (Å²) in [6.45, 7) is 8.55. The molecule has 1 aromatic carbocycles. The first-order valence-corrected chi connectivity index (χ1v) is 11.8. The molecule has 1 fully saturated rings. The average Bonchev–Trinajstić information content (AvgIpc) is 3.07. The second-order valence-electron chi connectivity index (χ2n) is 9.13. The number of ether oxygens (including phenoxy) is 1. The van der Waals surface area contributed by atoms with Gasteiger partial charge in [0.1, 0.15) is 5.75 Å². The smallest absolute Gasteiger partial charge is 0.230 e. The van der Waals surface area contributed by atoms with Gasteiger partial charge in [0.05, 0.1) is 5.75 Å². The summed E-state index contributed by atoms with van der Waals surface area (Å²) in [5.74, 6) is 1.97. The molecular weight excluding hydrogens is 396 g/mol. The molecule has 1 aliphatic rings. The summed E-state index contributed by atoms with van der Waals surface area (Å²) in [5, 5.41) is 12.4. The van der Waals surface area contributed by atoms with Crippen molar-refractivity contribution in [2.75, 3.05) is 5.75 Å². The number of carbonyl (C=O) groups excluding carboxylic acids is 1. The fraction of sp³-hybridized carbons (Fsp3) is 0.609. The maximum Gasteiger partial charge on any atom is 0.230 e. The molecule has 30 heavy (non-hydrogen) atoms. The summed E-state index contributed by atoms with van der Waals surface area (Å²) >= 11 is 1.41. The number of aromatic nitrogens is 3. The predicted octanol–water partition coefficient (Wildman–Crippen LogP) is 4.79. The minimum atomic E-state index is -0.242. The monoisotopic (exact) mass is 430 g/mol. The number of thioether (sulfide) groups is 1. The number of nitrogens with one attached hydrogen (secondary N) is 1. The molecule has 1 unspecified atom stereocenters. The van der Waals surface area contributed by atoms with Crippen molar-refractivity contribution in [1.29, 1.82) is 0 Å². The number of benzene rings is 1. The highest BCUT2D eigenvalue weighted by atomic mass is 32.2. The number of carbonyl (C=O) groups is 1. The molecule has 0 saturated heterocycles. The van der Waals surface area contributed by atoms with Gasteiger partial charge >= 0.3 is 0 Å². The van der Waals surface area contributed by atoms with Crippen LogP contribution in [0.3, 0.4) is 0 Å². The van der Waals surface area contributed by atoms with Gasteiger partial charge in [-0.1, -0.05) is 63.9 Å². The van der Waals surface area contributed by atoms with Crippen LogP contribution in [0.1, 0.15) is 77.3 Å². The molecule has 6 nitrogen and oxygen atoms in total. The van der Waals surface area contributed by atoms with Crippen molar-refractivity contribution in [3.05, 3.63) is 35.7 Å². The lowest BCUT2D eigenvalue weighted by atomic mass is 9.87. The predicted molar refractivity (Wildman–Crippen MR) is 121 cm³/mol. The van der Waals surface area contributed by atoms with Gasteiger partial charge < -0.3 is 14.6 Å². The molecule has 0 bridgehead atoms. The van der Waals surface area contributed by atoms with Gasteiger partial charge in [0.15, 0.2) is 17.1 Å². The quantitative estimate of drug-likeness (QED) is 0.640. The van der Waals surface area contributed by atoms with Gasteiger partial charge in [-0.3, -0.25) is 4.79 Å². The number of hydrogen-bond donors (Lipinski definition) is 1. The van der Waals surface area contributed by atoms with Gasteiger partial charge in [0.2, 0.25) is 5.91 Å². The zero-order valence-electron chi connectivity index (χ0n) is 18.8. The van der Waals surface area contributed by atoms with Crippen LogP contribution in [0.25, 0.3) is 0 Å². The number of hydrogen-bond acceptors (Lipinski definition) is 5. The summed E-state index contributed by atoms with van der Waals surface area (Å²) in [6.07, 6.45) is 5.65. The number of rotatable bonds is 7. The molecule has 0 radical (unpaired) electrons. The van der Waals surface area contributed by atoms with E-state index in [0.717, 1.165) is 29.6 Å². The van der Waals surface area contributed by atoms with Crippen LogP contribution in [0, 0.1) is 0 Å². The van der Waals surface area contributed by atoms with E-state index in [4.69, 9.17) is 4.74 Å².